The zero-order chi connectivity index (χ0) is 17.6. The van der Waals surface area contributed by atoms with E-state index in [9.17, 15) is 9.59 Å². The number of ether oxygens (including phenoxy) is 1. The number of hydrogen-bond acceptors (Lipinski definition) is 4. The van der Waals surface area contributed by atoms with Crippen molar-refractivity contribution in [3.05, 3.63) is 35.4 Å². The molecule has 3 rings (SSSR count). The van der Waals surface area contributed by atoms with E-state index in [4.69, 9.17) is 4.74 Å². The Hall–Kier alpha value is -2.08. The minimum absolute atomic E-state index is 0.0394. The second-order valence-electron chi connectivity index (χ2n) is 6.74. The summed E-state index contributed by atoms with van der Waals surface area (Å²) in [5.74, 6) is 0.745. The highest BCUT2D eigenvalue weighted by Gasteiger charge is 2.25. The summed E-state index contributed by atoms with van der Waals surface area (Å²) in [6.45, 7) is 6.52. The lowest BCUT2D eigenvalue weighted by molar-refractivity contribution is 0.0570. The summed E-state index contributed by atoms with van der Waals surface area (Å²) in [7, 11) is 0. The van der Waals surface area contributed by atoms with Crippen LogP contribution in [-0.4, -0.2) is 67.7 Å². The molecule has 1 aromatic carbocycles. The molecule has 2 fully saturated rings. The first-order valence-corrected chi connectivity index (χ1v) is 9.18. The van der Waals surface area contributed by atoms with Crippen molar-refractivity contribution in [3.63, 3.8) is 0 Å². The van der Waals surface area contributed by atoms with Gasteiger partial charge in [0.2, 0.25) is 0 Å². The molecule has 2 saturated heterocycles. The fraction of sp³-hybridized carbons (Fsp3) is 0.579. The number of nitrogens with one attached hydrogen (secondary N) is 1. The van der Waals surface area contributed by atoms with Crippen LogP contribution in [0.3, 0.4) is 0 Å². The Kier molecular flexibility index (Phi) is 5.91. The first-order valence-electron chi connectivity index (χ1n) is 9.18. The number of benzene rings is 1. The van der Waals surface area contributed by atoms with Gasteiger partial charge in [0.25, 0.3) is 5.91 Å². The molecule has 0 radical (unpaired) electrons. The largest absolute Gasteiger partial charge is 0.450 e. The highest BCUT2D eigenvalue weighted by Crippen LogP contribution is 2.17. The second-order valence-corrected chi connectivity index (χ2v) is 6.74. The van der Waals surface area contributed by atoms with Gasteiger partial charge in [-0.1, -0.05) is 12.1 Å². The maximum atomic E-state index is 12.6. The summed E-state index contributed by atoms with van der Waals surface area (Å²) in [6.07, 6.45) is 2.01. The van der Waals surface area contributed by atoms with Gasteiger partial charge >= 0.3 is 6.09 Å². The predicted octanol–water partition coefficient (Wildman–Crippen LogP) is 1.75. The van der Waals surface area contributed by atoms with Gasteiger partial charge in [0.05, 0.1) is 6.61 Å². The van der Waals surface area contributed by atoms with Gasteiger partial charge in [-0.2, -0.15) is 0 Å². The quantitative estimate of drug-likeness (QED) is 0.903. The number of piperazine rings is 1. The molecular weight excluding hydrogens is 318 g/mol. The molecule has 0 spiro atoms. The number of hydrogen-bond donors (Lipinski definition) is 1. The van der Waals surface area contributed by atoms with Crippen LogP contribution in [0.4, 0.5) is 4.79 Å². The molecule has 6 nitrogen and oxygen atoms in total. The van der Waals surface area contributed by atoms with Crippen molar-refractivity contribution in [2.24, 2.45) is 5.92 Å². The van der Waals surface area contributed by atoms with Crippen molar-refractivity contribution in [1.29, 1.82) is 0 Å². The van der Waals surface area contributed by atoms with Crippen LogP contribution in [0.5, 0.6) is 0 Å². The summed E-state index contributed by atoms with van der Waals surface area (Å²) in [4.78, 5) is 27.8. The molecular formula is C19H27N3O3. The monoisotopic (exact) mass is 345 g/mol. The topological polar surface area (TPSA) is 61.9 Å². The zero-order valence-electron chi connectivity index (χ0n) is 14.9. The van der Waals surface area contributed by atoms with Crippen molar-refractivity contribution in [1.82, 2.24) is 15.1 Å². The molecule has 1 atom stereocenters. The standard InChI is InChI=1S/C19H27N3O3/c1-2-25-19(24)22-11-9-21(10-12-22)18(23)17-5-3-15(4-6-17)13-16-7-8-20-14-16/h3-6,16,20H,2,7-14H2,1H3. The van der Waals surface area contributed by atoms with Crippen molar-refractivity contribution in [2.45, 2.75) is 19.8 Å². The fourth-order valence-electron chi connectivity index (χ4n) is 3.49. The van der Waals surface area contributed by atoms with Crippen LogP contribution in [0.15, 0.2) is 24.3 Å². The van der Waals surface area contributed by atoms with E-state index in [1.54, 1.807) is 11.8 Å². The average molecular weight is 345 g/mol. The zero-order valence-corrected chi connectivity index (χ0v) is 14.9. The maximum Gasteiger partial charge on any atom is 0.409 e. The molecule has 0 saturated carbocycles. The van der Waals surface area contributed by atoms with Crippen molar-refractivity contribution < 1.29 is 14.3 Å². The van der Waals surface area contributed by atoms with Gasteiger partial charge in [-0.05, 0) is 56.5 Å². The third kappa shape index (κ3) is 4.51. The van der Waals surface area contributed by atoms with Gasteiger partial charge in [-0.25, -0.2) is 4.79 Å². The lowest BCUT2D eigenvalue weighted by Gasteiger charge is -2.34. The molecule has 2 amide bonds. The van der Waals surface area contributed by atoms with E-state index in [2.05, 4.69) is 17.4 Å². The van der Waals surface area contributed by atoms with Gasteiger partial charge in [0.15, 0.2) is 0 Å². The van der Waals surface area contributed by atoms with Gasteiger partial charge < -0.3 is 19.9 Å². The normalized spacial score (nSPS) is 20.6. The lowest BCUT2D eigenvalue weighted by atomic mass is 9.98. The Bertz CT molecular complexity index is 588. The number of carbonyl (C=O) groups excluding carboxylic acids is 2. The van der Waals surface area contributed by atoms with E-state index in [1.165, 1.54) is 12.0 Å². The Morgan fingerprint density at radius 1 is 1.12 bits per heavy atom. The third-order valence-corrected chi connectivity index (χ3v) is 4.98. The Balaban J connectivity index is 1.52. The number of amides is 2. The van der Waals surface area contributed by atoms with Crippen LogP contribution in [0.1, 0.15) is 29.3 Å². The first kappa shape index (κ1) is 17.7. The predicted molar refractivity (Wildman–Crippen MR) is 95.6 cm³/mol. The molecule has 0 bridgehead atoms. The highest BCUT2D eigenvalue weighted by molar-refractivity contribution is 5.94. The summed E-state index contributed by atoms with van der Waals surface area (Å²) in [5.41, 5.74) is 2.01. The molecule has 1 aromatic rings. The van der Waals surface area contributed by atoms with Gasteiger partial charge in [0.1, 0.15) is 0 Å². The van der Waals surface area contributed by atoms with E-state index in [1.807, 2.05) is 17.0 Å². The minimum Gasteiger partial charge on any atom is -0.450 e. The molecule has 6 heteroatoms. The molecule has 0 aromatic heterocycles. The molecule has 0 aliphatic carbocycles. The molecule has 1 N–H and O–H groups in total. The van der Waals surface area contributed by atoms with Crippen LogP contribution in [-0.2, 0) is 11.2 Å². The van der Waals surface area contributed by atoms with Crippen molar-refractivity contribution in [3.8, 4) is 0 Å². The maximum absolute atomic E-state index is 12.6. The highest BCUT2D eigenvalue weighted by atomic mass is 16.6. The molecule has 1 unspecified atom stereocenters. The summed E-state index contributed by atoms with van der Waals surface area (Å²) >= 11 is 0. The van der Waals surface area contributed by atoms with Crippen molar-refractivity contribution >= 4 is 12.0 Å². The van der Waals surface area contributed by atoms with Gasteiger partial charge in [-0.3, -0.25) is 4.79 Å². The fourth-order valence-corrected chi connectivity index (χ4v) is 3.49. The molecule has 2 aliphatic heterocycles. The van der Waals surface area contributed by atoms with Gasteiger partial charge in [-0.15, -0.1) is 0 Å². The Labute approximate surface area is 149 Å². The number of nitrogens with zero attached hydrogens (tertiary/aromatic N) is 2. The van der Waals surface area contributed by atoms with E-state index in [-0.39, 0.29) is 12.0 Å². The van der Waals surface area contributed by atoms with E-state index < -0.39 is 0 Å². The Morgan fingerprint density at radius 2 is 1.80 bits per heavy atom. The molecule has 2 aliphatic rings. The SMILES string of the molecule is CCOC(=O)N1CCN(C(=O)c2ccc(CC3CCNC3)cc2)CC1. The summed E-state index contributed by atoms with van der Waals surface area (Å²) in [5, 5.41) is 3.39. The second kappa shape index (κ2) is 8.34. The van der Waals surface area contributed by atoms with E-state index in [0.717, 1.165) is 25.1 Å². The smallest absolute Gasteiger partial charge is 0.409 e. The van der Waals surface area contributed by atoms with Crippen LogP contribution < -0.4 is 5.32 Å². The molecule has 2 heterocycles. The number of rotatable bonds is 4. The summed E-state index contributed by atoms with van der Waals surface area (Å²) < 4.78 is 5.01. The van der Waals surface area contributed by atoms with Crippen LogP contribution >= 0.6 is 0 Å². The minimum atomic E-state index is -0.291. The van der Waals surface area contributed by atoms with Crippen LogP contribution in [0.2, 0.25) is 0 Å². The van der Waals surface area contributed by atoms with E-state index >= 15 is 0 Å². The van der Waals surface area contributed by atoms with Gasteiger partial charge in [0, 0.05) is 31.7 Å². The molecule has 25 heavy (non-hydrogen) atoms. The lowest BCUT2D eigenvalue weighted by Crippen LogP contribution is -2.50. The number of carbonyl (C=O) groups is 2. The van der Waals surface area contributed by atoms with E-state index in [0.29, 0.717) is 38.7 Å². The van der Waals surface area contributed by atoms with Crippen molar-refractivity contribution in [2.75, 3.05) is 45.9 Å². The Morgan fingerprint density at radius 3 is 2.40 bits per heavy atom. The summed E-state index contributed by atoms with van der Waals surface area (Å²) in [6, 6.07) is 8.00. The first-order chi connectivity index (χ1) is 12.2. The molecule has 136 valence electrons. The average Bonchev–Trinajstić information content (AvgIpc) is 3.15. The third-order valence-electron chi connectivity index (χ3n) is 4.98. The van der Waals surface area contributed by atoms with Crippen LogP contribution in [0, 0.1) is 5.92 Å². The van der Waals surface area contributed by atoms with Crippen LogP contribution in [0.25, 0.3) is 0 Å².